The van der Waals surface area contributed by atoms with Gasteiger partial charge in [-0.2, -0.15) is 0 Å². The number of rotatable bonds is 40. The van der Waals surface area contributed by atoms with Gasteiger partial charge in [0, 0.05) is 13.0 Å². The molecule has 0 aliphatic carbocycles. The second kappa shape index (κ2) is 37.6. The van der Waals surface area contributed by atoms with Crippen LogP contribution in [0, 0.1) is 0 Å². The Morgan fingerprint density at radius 3 is 1.64 bits per heavy atom. The Kier molecular flexibility index (Phi) is 36.7. The molecule has 0 bridgehead atoms. The molecule has 0 spiro atoms. The Bertz CT molecular complexity index is 947. The molecule has 9 heteroatoms. The Labute approximate surface area is 327 Å². The van der Waals surface area contributed by atoms with Gasteiger partial charge in [0.2, 0.25) is 0 Å². The lowest BCUT2D eigenvalue weighted by atomic mass is 10.0. The van der Waals surface area contributed by atoms with Gasteiger partial charge >= 0.3 is 13.8 Å². The van der Waals surface area contributed by atoms with Crippen molar-refractivity contribution < 1.29 is 37.3 Å². The van der Waals surface area contributed by atoms with E-state index in [4.69, 9.17) is 18.5 Å². The topological polar surface area (TPSA) is 91.3 Å². The van der Waals surface area contributed by atoms with E-state index >= 15 is 0 Å². The van der Waals surface area contributed by atoms with Gasteiger partial charge in [0.05, 0.1) is 34.4 Å². The predicted molar refractivity (Wildman–Crippen MR) is 224 cm³/mol. The maximum Gasteiger partial charge on any atom is 0.472 e. The summed E-state index contributed by atoms with van der Waals surface area (Å²) in [5.74, 6) is -0.318. The summed E-state index contributed by atoms with van der Waals surface area (Å²) in [5.41, 5.74) is 0. The summed E-state index contributed by atoms with van der Waals surface area (Å²) in [7, 11) is 1.66. The lowest BCUT2D eigenvalue weighted by Gasteiger charge is -2.24. The minimum atomic E-state index is -4.27. The first-order chi connectivity index (χ1) is 25.6. The fourth-order valence-electron chi connectivity index (χ4n) is 5.86. The molecule has 2 unspecified atom stereocenters. The van der Waals surface area contributed by atoms with Crippen molar-refractivity contribution in [2.45, 2.75) is 187 Å². The summed E-state index contributed by atoms with van der Waals surface area (Å²) in [6.07, 6.45) is 43.1. The van der Waals surface area contributed by atoms with Gasteiger partial charge in [0.15, 0.2) is 0 Å². The highest BCUT2D eigenvalue weighted by molar-refractivity contribution is 7.47. The molecule has 0 aromatic heterocycles. The van der Waals surface area contributed by atoms with Gasteiger partial charge in [-0.1, -0.05) is 166 Å². The second-order valence-corrected chi connectivity index (χ2v) is 17.2. The summed E-state index contributed by atoms with van der Waals surface area (Å²) in [5, 5.41) is 0. The SMILES string of the molecule is CC/C=C\C/C=C\C/C=C\CCCCCCCCOCC(COP(=O)(O)OCC[N+](C)(C)C)OC(=O)CCCCCCCCCCCCCCCCC. The number of unbranched alkanes of at least 4 members (excludes halogenated alkanes) is 20. The van der Waals surface area contributed by atoms with Crippen LogP contribution in [0.15, 0.2) is 36.5 Å². The van der Waals surface area contributed by atoms with Crippen LogP contribution in [-0.4, -0.2) is 75.6 Å². The largest absolute Gasteiger partial charge is 0.472 e. The zero-order valence-corrected chi connectivity index (χ0v) is 36.1. The van der Waals surface area contributed by atoms with Crippen LogP contribution in [0.1, 0.15) is 181 Å². The van der Waals surface area contributed by atoms with E-state index in [-0.39, 0.29) is 25.8 Å². The zero-order valence-electron chi connectivity index (χ0n) is 35.3. The third-order valence-electron chi connectivity index (χ3n) is 9.22. The number of hydrogen-bond donors (Lipinski definition) is 1. The van der Waals surface area contributed by atoms with Crippen molar-refractivity contribution >= 4 is 13.8 Å². The highest BCUT2D eigenvalue weighted by Crippen LogP contribution is 2.43. The van der Waals surface area contributed by atoms with E-state index < -0.39 is 13.9 Å². The van der Waals surface area contributed by atoms with Crippen LogP contribution in [0.3, 0.4) is 0 Å². The van der Waals surface area contributed by atoms with Crippen LogP contribution in [0.4, 0.5) is 0 Å². The van der Waals surface area contributed by atoms with E-state index in [1.807, 2.05) is 21.1 Å². The Morgan fingerprint density at radius 2 is 1.09 bits per heavy atom. The summed E-state index contributed by atoms with van der Waals surface area (Å²) in [6.45, 7) is 5.50. The molecule has 8 nitrogen and oxygen atoms in total. The summed E-state index contributed by atoms with van der Waals surface area (Å²) in [6, 6.07) is 0. The number of esters is 1. The van der Waals surface area contributed by atoms with Gasteiger partial charge in [-0.25, -0.2) is 4.57 Å². The van der Waals surface area contributed by atoms with Crippen molar-refractivity contribution in [1.29, 1.82) is 0 Å². The van der Waals surface area contributed by atoms with Gasteiger partial charge < -0.3 is 18.9 Å². The summed E-state index contributed by atoms with van der Waals surface area (Å²) in [4.78, 5) is 22.9. The van der Waals surface area contributed by atoms with E-state index in [1.165, 1.54) is 103 Å². The number of phosphoric acid groups is 1. The van der Waals surface area contributed by atoms with Gasteiger partial charge in [0.25, 0.3) is 0 Å². The first kappa shape index (κ1) is 51.7. The van der Waals surface area contributed by atoms with E-state index in [0.717, 1.165) is 57.8 Å². The molecule has 0 saturated heterocycles. The number of allylic oxidation sites excluding steroid dienone is 6. The van der Waals surface area contributed by atoms with Gasteiger partial charge in [-0.3, -0.25) is 13.8 Å². The number of phosphoric ester groups is 1. The van der Waals surface area contributed by atoms with E-state index in [1.54, 1.807) is 0 Å². The molecule has 0 aliphatic heterocycles. The second-order valence-electron chi connectivity index (χ2n) is 15.7. The average Bonchev–Trinajstić information content (AvgIpc) is 3.11. The Hall–Kier alpha value is -1.28. The number of nitrogens with zero attached hydrogens (tertiary/aromatic N) is 1. The molecule has 0 aromatic rings. The highest BCUT2D eigenvalue weighted by Gasteiger charge is 2.26. The van der Waals surface area contributed by atoms with E-state index in [0.29, 0.717) is 24.1 Å². The van der Waals surface area contributed by atoms with Crippen LogP contribution < -0.4 is 0 Å². The molecule has 312 valence electrons. The maximum atomic E-state index is 12.7. The molecular weight excluding hydrogens is 685 g/mol. The zero-order chi connectivity index (χ0) is 39.1. The van der Waals surface area contributed by atoms with Crippen LogP contribution >= 0.6 is 7.82 Å². The molecular formula is C44H85NO7P+. The molecule has 0 aromatic carbocycles. The van der Waals surface area contributed by atoms with Crippen molar-refractivity contribution in [3.8, 4) is 0 Å². The molecule has 0 amide bonds. The Balaban J connectivity index is 4.25. The molecule has 0 radical (unpaired) electrons. The molecule has 0 rings (SSSR count). The first-order valence-electron chi connectivity index (χ1n) is 21.7. The lowest BCUT2D eigenvalue weighted by molar-refractivity contribution is -0.870. The number of carbonyl (C=O) groups excluding carboxylic acids is 1. The third kappa shape index (κ3) is 41.7. The minimum absolute atomic E-state index is 0.0865. The number of likely N-dealkylation sites (N-methyl/N-ethyl adjacent to an activating group) is 1. The van der Waals surface area contributed by atoms with Crippen molar-refractivity contribution in [2.75, 3.05) is 54.1 Å². The van der Waals surface area contributed by atoms with Gasteiger partial charge in [0.1, 0.15) is 19.3 Å². The predicted octanol–water partition coefficient (Wildman–Crippen LogP) is 12.6. The van der Waals surface area contributed by atoms with Crippen molar-refractivity contribution in [2.24, 2.45) is 0 Å². The number of hydrogen-bond acceptors (Lipinski definition) is 6. The standard InChI is InChI=1S/C44H84NO7P/c1-6-8-10-12-14-16-18-20-22-24-26-28-30-32-34-36-39-49-41-43(42-51-53(47,48)50-40-38-45(3,4)5)52-44(46)37-35-33-31-29-27-25-23-21-19-17-15-13-11-9-7-2/h8,10,14,16,20,22,43H,6-7,9,11-13,15,17-19,21,23-42H2,1-5H3/p+1/b10-8-,16-14-,22-20-. The van der Waals surface area contributed by atoms with Gasteiger partial charge in [-0.05, 0) is 44.9 Å². The number of carbonyl (C=O) groups is 1. The van der Waals surface area contributed by atoms with Crippen LogP contribution in [-0.2, 0) is 27.9 Å². The number of quaternary nitrogens is 1. The molecule has 0 aliphatic rings. The monoisotopic (exact) mass is 771 g/mol. The maximum absolute atomic E-state index is 12.7. The summed E-state index contributed by atoms with van der Waals surface area (Å²) < 4.78 is 35.0. The Morgan fingerprint density at radius 1 is 0.604 bits per heavy atom. The van der Waals surface area contributed by atoms with Gasteiger partial charge in [-0.15, -0.1) is 0 Å². The molecule has 0 fully saturated rings. The third-order valence-corrected chi connectivity index (χ3v) is 10.2. The van der Waals surface area contributed by atoms with Crippen molar-refractivity contribution in [3.05, 3.63) is 36.5 Å². The molecule has 53 heavy (non-hydrogen) atoms. The quantitative estimate of drug-likeness (QED) is 0.0218. The van der Waals surface area contributed by atoms with Crippen LogP contribution in [0.2, 0.25) is 0 Å². The first-order valence-corrected chi connectivity index (χ1v) is 23.2. The molecule has 2 atom stereocenters. The fraction of sp³-hybridized carbons (Fsp3) is 0.841. The molecule has 0 saturated carbocycles. The molecule has 0 heterocycles. The van der Waals surface area contributed by atoms with Crippen LogP contribution in [0.25, 0.3) is 0 Å². The fourth-order valence-corrected chi connectivity index (χ4v) is 6.60. The van der Waals surface area contributed by atoms with E-state index in [9.17, 15) is 14.3 Å². The lowest BCUT2D eigenvalue weighted by Crippen LogP contribution is -2.37. The molecule has 1 N–H and O–H groups in total. The van der Waals surface area contributed by atoms with Crippen molar-refractivity contribution in [1.82, 2.24) is 0 Å². The summed E-state index contributed by atoms with van der Waals surface area (Å²) >= 11 is 0. The van der Waals surface area contributed by atoms with Crippen LogP contribution in [0.5, 0.6) is 0 Å². The highest BCUT2D eigenvalue weighted by atomic mass is 31.2. The van der Waals surface area contributed by atoms with Crippen molar-refractivity contribution in [3.63, 3.8) is 0 Å². The average molecular weight is 771 g/mol. The number of ether oxygens (including phenoxy) is 2. The smallest absolute Gasteiger partial charge is 0.457 e. The normalized spacial score (nSPS) is 14.2. The van der Waals surface area contributed by atoms with E-state index in [2.05, 4.69) is 50.3 Å². The minimum Gasteiger partial charge on any atom is -0.457 e.